The van der Waals surface area contributed by atoms with E-state index < -0.39 is 17.7 Å². The highest BCUT2D eigenvalue weighted by Crippen LogP contribution is 2.45. The minimum Gasteiger partial charge on any atom is -0.309 e. The van der Waals surface area contributed by atoms with Crippen molar-refractivity contribution in [2.45, 2.75) is 18.5 Å². The average molecular weight is 357 g/mol. The van der Waals surface area contributed by atoms with Crippen molar-refractivity contribution in [2.75, 3.05) is 5.32 Å². The van der Waals surface area contributed by atoms with Crippen LogP contribution in [-0.4, -0.2) is 16.1 Å². The molecule has 0 radical (unpaired) electrons. The molecule has 3 aromatic rings. The Kier molecular flexibility index (Phi) is 3.79. The number of anilines is 1. The van der Waals surface area contributed by atoms with Crippen LogP contribution in [0.2, 0.25) is 0 Å². The molecule has 1 amide bonds. The zero-order chi connectivity index (χ0) is 18.3. The fourth-order valence-electron chi connectivity index (χ4n) is 3.41. The molecule has 1 aromatic heterocycles. The standard InChI is InChI=1S/C19H14F3N3O/c20-19(21,22)14-9-5-4-8-12(14)13-10-15(26)23-18-16(13)17(24-25-18)11-6-2-1-3-7-11/h1-9,13H,10H2,(H2,23,24,25,26). The Balaban J connectivity index is 1.92. The molecule has 0 aliphatic carbocycles. The number of carbonyl (C=O) groups excluding carboxylic acids is 1. The van der Waals surface area contributed by atoms with Gasteiger partial charge in [-0.2, -0.15) is 18.3 Å². The summed E-state index contributed by atoms with van der Waals surface area (Å²) in [6.45, 7) is 0. The molecule has 1 aliphatic rings. The van der Waals surface area contributed by atoms with Crippen LogP contribution in [0, 0.1) is 0 Å². The van der Waals surface area contributed by atoms with Gasteiger partial charge in [0, 0.05) is 17.9 Å². The normalized spacial score (nSPS) is 16.9. The number of carbonyl (C=O) groups is 1. The van der Waals surface area contributed by atoms with Crippen LogP contribution in [0.3, 0.4) is 0 Å². The number of alkyl halides is 3. The molecular formula is C19H14F3N3O. The van der Waals surface area contributed by atoms with Crippen LogP contribution < -0.4 is 5.32 Å². The number of hydrogen-bond donors (Lipinski definition) is 2. The number of benzene rings is 2. The maximum Gasteiger partial charge on any atom is 0.416 e. The number of amides is 1. The largest absolute Gasteiger partial charge is 0.416 e. The lowest BCUT2D eigenvalue weighted by Gasteiger charge is -2.26. The van der Waals surface area contributed by atoms with Gasteiger partial charge in [-0.3, -0.25) is 9.89 Å². The van der Waals surface area contributed by atoms with Crippen LogP contribution in [0.15, 0.2) is 54.6 Å². The van der Waals surface area contributed by atoms with Crippen LogP contribution in [0.1, 0.15) is 29.0 Å². The maximum atomic E-state index is 13.5. The van der Waals surface area contributed by atoms with Gasteiger partial charge < -0.3 is 5.32 Å². The maximum absolute atomic E-state index is 13.5. The fourth-order valence-corrected chi connectivity index (χ4v) is 3.41. The fraction of sp³-hybridized carbons (Fsp3) is 0.158. The van der Waals surface area contributed by atoms with Crippen LogP contribution >= 0.6 is 0 Å². The number of hydrogen-bond acceptors (Lipinski definition) is 2. The number of halogens is 3. The highest BCUT2D eigenvalue weighted by Gasteiger charge is 2.39. The minimum atomic E-state index is -4.50. The highest BCUT2D eigenvalue weighted by atomic mass is 19.4. The number of aromatic nitrogens is 2. The summed E-state index contributed by atoms with van der Waals surface area (Å²) in [7, 11) is 0. The van der Waals surface area contributed by atoms with Crippen LogP contribution in [0.5, 0.6) is 0 Å². The molecular weight excluding hydrogens is 343 g/mol. The van der Waals surface area contributed by atoms with Gasteiger partial charge in [0.25, 0.3) is 0 Å². The van der Waals surface area contributed by atoms with Crippen molar-refractivity contribution in [3.05, 3.63) is 71.3 Å². The molecule has 4 nitrogen and oxygen atoms in total. The summed E-state index contributed by atoms with van der Waals surface area (Å²) < 4.78 is 40.5. The third-order valence-electron chi connectivity index (χ3n) is 4.50. The monoisotopic (exact) mass is 357 g/mol. The van der Waals surface area contributed by atoms with Gasteiger partial charge >= 0.3 is 6.18 Å². The smallest absolute Gasteiger partial charge is 0.309 e. The number of nitrogens with one attached hydrogen (secondary N) is 2. The second-order valence-corrected chi connectivity index (χ2v) is 6.12. The van der Waals surface area contributed by atoms with Gasteiger partial charge in [-0.05, 0) is 17.2 Å². The summed E-state index contributed by atoms with van der Waals surface area (Å²) in [5, 5.41) is 9.62. The van der Waals surface area contributed by atoms with Gasteiger partial charge in [-0.1, -0.05) is 48.5 Å². The summed E-state index contributed by atoms with van der Waals surface area (Å²) in [4.78, 5) is 12.1. The van der Waals surface area contributed by atoms with E-state index in [9.17, 15) is 18.0 Å². The van der Waals surface area contributed by atoms with Gasteiger partial charge in [-0.15, -0.1) is 0 Å². The van der Waals surface area contributed by atoms with Gasteiger partial charge in [0.05, 0.1) is 11.3 Å². The zero-order valence-electron chi connectivity index (χ0n) is 13.5. The lowest BCUT2D eigenvalue weighted by atomic mass is 9.82. The van der Waals surface area contributed by atoms with Gasteiger partial charge in [0.15, 0.2) is 5.82 Å². The van der Waals surface area contributed by atoms with E-state index in [4.69, 9.17) is 0 Å². The molecule has 4 rings (SSSR count). The first-order valence-electron chi connectivity index (χ1n) is 8.05. The van der Waals surface area contributed by atoms with Crippen LogP contribution in [0.25, 0.3) is 11.3 Å². The Morgan fingerprint density at radius 2 is 1.69 bits per heavy atom. The number of aromatic amines is 1. The third-order valence-corrected chi connectivity index (χ3v) is 4.50. The Bertz CT molecular complexity index is 964. The van der Waals surface area contributed by atoms with E-state index in [-0.39, 0.29) is 23.7 Å². The van der Waals surface area contributed by atoms with E-state index in [0.29, 0.717) is 11.3 Å². The third kappa shape index (κ3) is 2.75. The van der Waals surface area contributed by atoms with E-state index in [2.05, 4.69) is 15.5 Å². The predicted molar refractivity (Wildman–Crippen MR) is 90.6 cm³/mol. The molecule has 0 saturated carbocycles. The van der Waals surface area contributed by atoms with Gasteiger partial charge in [-0.25, -0.2) is 0 Å². The molecule has 26 heavy (non-hydrogen) atoms. The van der Waals surface area contributed by atoms with Crippen molar-refractivity contribution in [3.63, 3.8) is 0 Å². The number of H-pyrrole nitrogens is 1. The molecule has 132 valence electrons. The van der Waals surface area contributed by atoms with E-state index in [1.165, 1.54) is 12.1 Å². The Morgan fingerprint density at radius 3 is 2.42 bits per heavy atom. The lowest BCUT2D eigenvalue weighted by molar-refractivity contribution is -0.138. The first-order chi connectivity index (χ1) is 12.4. The molecule has 0 spiro atoms. The summed E-state index contributed by atoms with van der Waals surface area (Å²) >= 11 is 0. The van der Waals surface area contributed by atoms with Crippen molar-refractivity contribution in [1.29, 1.82) is 0 Å². The van der Waals surface area contributed by atoms with E-state index in [0.717, 1.165) is 11.6 Å². The molecule has 0 fully saturated rings. The first kappa shape index (κ1) is 16.4. The van der Waals surface area contributed by atoms with Crippen molar-refractivity contribution in [2.24, 2.45) is 0 Å². The van der Waals surface area contributed by atoms with Gasteiger partial charge in [0.2, 0.25) is 5.91 Å². The number of fused-ring (bicyclic) bond motifs is 1. The number of nitrogens with zero attached hydrogens (tertiary/aromatic N) is 1. The minimum absolute atomic E-state index is 0.0700. The number of rotatable bonds is 2. The predicted octanol–water partition coefficient (Wildman–Crippen LogP) is 4.57. The van der Waals surface area contributed by atoms with Crippen LogP contribution in [0.4, 0.5) is 19.0 Å². The van der Waals surface area contributed by atoms with E-state index >= 15 is 0 Å². The van der Waals surface area contributed by atoms with Gasteiger partial charge in [0.1, 0.15) is 0 Å². The molecule has 0 bridgehead atoms. The second kappa shape index (κ2) is 6.01. The zero-order valence-corrected chi connectivity index (χ0v) is 13.5. The van der Waals surface area contributed by atoms with Crippen molar-refractivity contribution >= 4 is 11.7 Å². The molecule has 1 atom stereocenters. The van der Waals surface area contributed by atoms with Crippen LogP contribution in [-0.2, 0) is 11.0 Å². The first-order valence-corrected chi connectivity index (χ1v) is 8.05. The Hall–Kier alpha value is -3.09. The van der Waals surface area contributed by atoms with E-state index in [1.807, 2.05) is 30.3 Å². The Labute approximate surface area is 147 Å². The molecule has 1 unspecified atom stereocenters. The molecule has 0 saturated heterocycles. The topological polar surface area (TPSA) is 57.8 Å². The second-order valence-electron chi connectivity index (χ2n) is 6.12. The average Bonchev–Trinajstić information content (AvgIpc) is 3.05. The van der Waals surface area contributed by atoms with E-state index in [1.54, 1.807) is 6.07 Å². The molecule has 2 heterocycles. The molecule has 1 aliphatic heterocycles. The van der Waals surface area contributed by atoms with Crippen molar-refractivity contribution in [1.82, 2.24) is 10.2 Å². The van der Waals surface area contributed by atoms with Crippen molar-refractivity contribution in [3.8, 4) is 11.3 Å². The molecule has 2 N–H and O–H groups in total. The van der Waals surface area contributed by atoms with Crippen molar-refractivity contribution < 1.29 is 18.0 Å². The molecule has 2 aromatic carbocycles. The highest BCUT2D eigenvalue weighted by molar-refractivity contribution is 5.96. The quantitative estimate of drug-likeness (QED) is 0.706. The summed E-state index contributed by atoms with van der Waals surface area (Å²) in [6, 6.07) is 14.6. The molecule has 7 heteroatoms. The lowest BCUT2D eigenvalue weighted by Crippen LogP contribution is -2.25. The summed E-state index contributed by atoms with van der Waals surface area (Å²) in [5.41, 5.74) is 1.34. The SMILES string of the molecule is O=C1CC(c2ccccc2C(F)(F)F)c2c(n[nH]c2-c2ccccc2)N1. The summed E-state index contributed by atoms with van der Waals surface area (Å²) in [6.07, 6.45) is -4.57. The Morgan fingerprint density at radius 1 is 1.00 bits per heavy atom. The summed E-state index contributed by atoms with van der Waals surface area (Å²) in [5.74, 6) is -0.807.